The van der Waals surface area contributed by atoms with E-state index in [1.807, 2.05) is 18.2 Å². The molecule has 2 aromatic carbocycles. The Kier molecular flexibility index (Phi) is 4.78. The van der Waals surface area contributed by atoms with Crippen molar-refractivity contribution >= 4 is 57.1 Å². The number of halogens is 4. The molecule has 134 valence electrons. The zero-order valence-electron chi connectivity index (χ0n) is 13.6. The molecule has 1 fully saturated rings. The van der Waals surface area contributed by atoms with E-state index in [-0.39, 0.29) is 10.0 Å². The number of rotatable bonds is 2. The molecule has 1 aliphatic rings. The molecular formula is C18H14Cl3FN4. The van der Waals surface area contributed by atoms with Crippen LogP contribution in [0.15, 0.2) is 36.5 Å². The minimum Gasteiger partial charge on any atom is -0.368 e. The topological polar surface area (TPSA) is 32.3 Å². The normalized spacial score (nSPS) is 14.9. The second-order valence-electron chi connectivity index (χ2n) is 6.06. The van der Waals surface area contributed by atoms with Gasteiger partial charge in [0, 0.05) is 37.3 Å². The van der Waals surface area contributed by atoms with E-state index in [0.29, 0.717) is 10.5 Å². The van der Waals surface area contributed by atoms with Gasteiger partial charge in [-0.3, -0.25) is 0 Å². The van der Waals surface area contributed by atoms with Crippen LogP contribution in [0, 0.1) is 5.82 Å². The zero-order valence-corrected chi connectivity index (χ0v) is 15.9. The molecule has 3 aromatic rings. The Hall–Kier alpha value is -1.82. The molecule has 1 aromatic heterocycles. The van der Waals surface area contributed by atoms with Crippen molar-refractivity contribution in [2.75, 3.05) is 36.0 Å². The Morgan fingerprint density at radius 2 is 1.54 bits per heavy atom. The molecule has 0 aliphatic carbocycles. The SMILES string of the molecule is Fc1c(Cl)cc(N2CCN(c3cnnc4c(Cl)cccc34)CC2)cc1Cl. The highest BCUT2D eigenvalue weighted by Crippen LogP contribution is 2.32. The van der Waals surface area contributed by atoms with E-state index in [4.69, 9.17) is 34.8 Å². The second-order valence-corrected chi connectivity index (χ2v) is 7.28. The van der Waals surface area contributed by atoms with Gasteiger partial charge in [0.15, 0.2) is 5.82 Å². The third-order valence-electron chi connectivity index (χ3n) is 4.55. The van der Waals surface area contributed by atoms with Crippen LogP contribution >= 0.6 is 34.8 Å². The molecular weight excluding hydrogens is 398 g/mol. The highest BCUT2D eigenvalue weighted by molar-refractivity contribution is 6.35. The van der Waals surface area contributed by atoms with Crippen molar-refractivity contribution in [3.05, 3.63) is 57.4 Å². The van der Waals surface area contributed by atoms with Crippen molar-refractivity contribution in [2.24, 2.45) is 0 Å². The third kappa shape index (κ3) is 3.15. The van der Waals surface area contributed by atoms with Crippen LogP contribution in [0.1, 0.15) is 0 Å². The Balaban J connectivity index is 1.57. The van der Waals surface area contributed by atoms with Crippen LogP contribution in [0.25, 0.3) is 10.9 Å². The first-order chi connectivity index (χ1) is 12.5. The molecule has 0 spiro atoms. The van der Waals surface area contributed by atoms with Crippen LogP contribution in [0.5, 0.6) is 0 Å². The molecule has 0 unspecified atom stereocenters. The maximum absolute atomic E-state index is 13.6. The van der Waals surface area contributed by atoms with E-state index in [9.17, 15) is 4.39 Å². The highest BCUT2D eigenvalue weighted by atomic mass is 35.5. The lowest BCUT2D eigenvalue weighted by Gasteiger charge is -2.37. The van der Waals surface area contributed by atoms with Crippen LogP contribution in [-0.4, -0.2) is 36.4 Å². The Bertz CT molecular complexity index is 951. The van der Waals surface area contributed by atoms with Gasteiger partial charge in [-0.05, 0) is 18.2 Å². The summed E-state index contributed by atoms with van der Waals surface area (Å²) in [5.74, 6) is -0.582. The van der Waals surface area contributed by atoms with Crippen molar-refractivity contribution in [1.82, 2.24) is 10.2 Å². The Morgan fingerprint density at radius 1 is 0.885 bits per heavy atom. The first-order valence-corrected chi connectivity index (χ1v) is 9.22. The summed E-state index contributed by atoms with van der Waals surface area (Å²) in [7, 11) is 0. The number of nitrogens with zero attached hydrogens (tertiary/aromatic N) is 4. The fourth-order valence-corrected chi connectivity index (χ4v) is 3.90. The zero-order chi connectivity index (χ0) is 18.3. The summed E-state index contributed by atoms with van der Waals surface area (Å²) in [6.07, 6.45) is 1.76. The summed E-state index contributed by atoms with van der Waals surface area (Å²) in [5.41, 5.74) is 2.53. The first-order valence-electron chi connectivity index (χ1n) is 8.09. The maximum atomic E-state index is 13.6. The molecule has 4 nitrogen and oxygen atoms in total. The van der Waals surface area contributed by atoms with Gasteiger partial charge in [-0.1, -0.05) is 46.9 Å². The number of hydrogen-bond donors (Lipinski definition) is 0. The lowest BCUT2D eigenvalue weighted by Crippen LogP contribution is -2.46. The maximum Gasteiger partial charge on any atom is 0.160 e. The minimum atomic E-state index is -0.582. The van der Waals surface area contributed by atoms with Crippen LogP contribution < -0.4 is 9.80 Å². The molecule has 0 amide bonds. The lowest BCUT2D eigenvalue weighted by molar-refractivity contribution is 0.625. The number of hydrogen-bond acceptors (Lipinski definition) is 4. The number of anilines is 2. The predicted octanol–water partition coefficient (Wildman–Crippen LogP) is 5.06. The van der Waals surface area contributed by atoms with Gasteiger partial charge in [0.1, 0.15) is 5.52 Å². The monoisotopic (exact) mass is 410 g/mol. The van der Waals surface area contributed by atoms with Crippen molar-refractivity contribution in [3.63, 3.8) is 0 Å². The average molecular weight is 412 g/mol. The summed E-state index contributed by atoms with van der Waals surface area (Å²) in [4.78, 5) is 4.38. The molecule has 26 heavy (non-hydrogen) atoms. The van der Waals surface area contributed by atoms with E-state index in [2.05, 4.69) is 20.0 Å². The van der Waals surface area contributed by atoms with E-state index in [1.165, 1.54) is 0 Å². The quantitative estimate of drug-likeness (QED) is 0.552. The van der Waals surface area contributed by atoms with E-state index < -0.39 is 5.82 Å². The largest absolute Gasteiger partial charge is 0.368 e. The van der Waals surface area contributed by atoms with Gasteiger partial charge in [-0.25, -0.2) is 4.39 Å². The van der Waals surface area contributed by atoms with Crippen molar-refractivity contribution in [3.8, 4) is 0 Å². The summed E-state index contributed by atoms with van der Waals surface area (Å²) >= 11 is 18.1. The van der Waals surface area contributed by atoms with Gasteiger partial charge < -0.3 is 9.80 Å². The molecule has 0 N–H and O–H groups in total. The van der Waals surface area contributed by atoms with Crippen LogP contribution in [0.4, 0.5) is 15.8 Å². The van der Waals surface area contributed by atoms with Crippen LogP contribution in [0.2, 0.25) is 15.1 Å². The number of piperazine rings is 1. The highest BCUT2D eigenvalue weighted by Gasteiger charge is 2.21. The van der Waals surface area contributed by atoms with Gasteiger partial charge in [0.2, 0.25) is 0 Å². The van der Waals surface area contributed by atoms with Crippen LogP contribution in [0.3, 0.4) is 0 Å². The smallest absolute Gasteiger partial charge is 0.160 e. The minimum absolute atomic E-state index is 0.0360. The summed E-state index contributed by atoms with van der Waals surface area (Å²) < 4.78 is 13.6. The van der Waals surface area contributed by atoms with Gasteiger partial charge in [0.25, 0.3) is 0 Å². The molecule has 1 aliphatic heterocycles. The van der Waals surface area contributed by atoms with Gasteiger partial charge in [-0.2, -0.15) is 5.10 Å². The average Bonchev–Trinajstić information content (AvgIpc) is 2.66. The van der Waals surface area contributed by atoms with E-state index in [1.54, 1.807) is 18.3 Å². The summed E-state index contributed by atoms with van der Waals surface area (Å²) in [5, 5.41) is 9.88. The molecule has 1 saturated heterocycles. The number of benzene rings is 2. The first kappa shape index (κ1) is 17.6. The Morgan fingerprint density at radius 3 is 2.23 bits per heavy atom. The summed E-state index contributed by atoms with van der Waals surface area (Å²) in [6, 6.07) is 8.94. The molecule has 8 heteroatoms. The number of aromatic nitrogens is 2. The van der Waals surface area contributed by atoms with Crippen molar-refractivity contribution in [2.45, 2.75) is 0 Å². The van der Waals surface area contributed by atoms with Gasteiger partial charge in [-0.15, -0.1) is 5.10 Å². The number of fused-ring (bicyclic) bond motifs is 1. The predicted molar refractivity (Wildman–Crippen MR) is 105 cm³/mol. The molecule has 4 rings (SSSR count). The van der Waals surface area contributed by atoms with Crippen LogP contribution in [-0.2, 0) is 0 Å². The standard InChI is InChI=1S/C18H14Cl3FN4/c19-13-3-1-2-12-16(10-23-24-18(12)13)26-6-4-25(5-7-26)11-8-14(20)17(22)15(21)9-11/h1-3,8-10H,4-7H2. The molecule has 0 radical (unpaired) electrons. The molecule has 0 saturated carbocycles. The van der Waals surface area contributed by atoms with Crippen molar-refractivity contribution < 1.29 is 4.39 Å². The van der Waals surface area contributed by atoms with Gasteiger partial charge in [0.05, 0.1) is 27.0 Å². The molecule has 0 bridgehead atoms. The second kappa shape index (κ2) is 7.06. The van der Waals surface area contributed by atoms with E-state index >= 15 is 0 Å². The Labute approximate surface area is 165 Å². The van der Waals surface area contributed by atoms with Gasteiger partial charge >= 0.3 is 0 Å². The fourth-order valence-electron chi connectivity index (χ4n) is 3.22. The molecule has 2 heterocycles. The lowest BCUT2D eigenvalue weighted by atomic mass is 10.1. The van der Waals surface area contributed by atoms with Crippen molar-refractivity contribution in [1.29, 1.82) is 0 Å². The third-order valence-corrected chi connectivity index (χ3v) is 5.41. The summed E-state index contributed by atoms with van der Waals surface area (Å²) in [6.45, 7) is 3.06. The fraction of sp³-hybridized carbons (Fsp3) is 0.222. The molecule has 0 atom stereocenters. The van der Waals surface area contributed by atoms with E-state index in [0.717, 1.165) is 42.9 Å².